The minimum Gasteiger partial charge on any atom is -0.406 e. The van der Waals surface area contributed by atoms with Crippen molar-refractivity contribution in [3.05, 3.63) is 53.6 Å². The molecule has 2 aliphatic heterocycles. The van der Waals surface area contributed by atoms with Crippen molar-refractivity contribution in [2.75, 3.05) is 26.7 Å². The molecule has 0 spiro atoms. The quantitative estimate of drug-likeness (QED) is 0.870. The largest absolute Gasteiger partial charge is 0.573 e. The molecule has 1 N–H and O–H groups in total. The molecule has 2 aromatic carbocycles. The van der Waals surface area contributed by atoms with Gasteiger partial charge < -0.3 is 15.0 Å². The second-order valence-electron chi connectivity index (χ2n) is 7.17. The Morgan fingerprint density at radius 3 is 2.48 bits per heavy atom. The van der Waals surface area contributed by atoms with Crippen LogP contribution >= 0.6 is 0 Å². The van der Waals surface area contributed by atoms with Gasteiger partial charge in [0, 0.05) is 31.1 Å². The fourth-order valence-electron chi connectivity index (χ4n) is 4.07. The molecule has 0 aliphatic carbocycles. The van der Waals surface area contributed by atoms with Gasteiger partial charge in [0.15, 0.2) is 0 Å². The molecule has 142 valence electrons. The van der Waals surface area contributed by atoms with Gasteiger partial charge in [0.05, 0.1) is 0 Å². The number of fused-ring (bicyclic) bond motifs is 3. The lowest BCUT2D eigenvalue weighted by Gasteiger charge is -2.17. The maximum absolute atomic E-state index is 12.5. The van der Waals surface area contributed by atoms with E-state index in [1.807, 2.05) is 18.2 Å². The van der Waals surface area contributed by atoms with Crippen molar-refractivity contribution in [3.8, 4) is 16.9 Å². The van der Waals surface area contributed by atoms with Crippen LogP contribution < -0.4 is 10.1 Å². The Balaban J connectivity index is 1.65. The van der Waals surface area contributed by atoms with Gasteiger partial charge in [-0.25, -0.2) is 0 Å². The van der Waals surface area contributed by atoms with Crippen LogP contribution in [0.1, 0.15) is 21.8 Å². The number of rotatable bonds is 2. The molecule has 1 fully saturated rings. The number of halogens is 3. The van der Waals surface area contributed by atoms with Crippen LogP contribution in [0.15, 0.2) is 42.5 Å². The van der Waals surface area contributed by atoms with E-state index >= 15 is 0 Å². The van der Waals surface area contributed by atoms with Crippen molar-refractivity contribution in [2.24, 2.45) is 5.92 Å². The molecule has 2 aliphatic rings. The summed E-state index contributed by atoms with van der Waals surface area (Å²) in [7, 11) is 2.08. The number of hydrogen-bond acceptors (Lipinski definition) is 3. The number of ether oxygens (including phenoxy) is 1. The average Bonchev–Trinajstić information content (AvgIpc) is 2.93. The molecule has 4 rings (SSSR count). The van der Waals surface area contributed by atoms with Crippen LogP contribution in [-0.4, -0.2) is 43.9 Å². The zero-order chi connectivity index (χ0) is 19.2. The third kappa shape index (κ3) is 3.64. The molecule has 27 heavy (non-hydrogen) atoms. The van der Waals surface area contributed by atoms with Crippen LogP contribution in [-0.2, 0) is 0 Å². The third-order valence-corrected chi connectivity index (χ3v) is 5.27. The lowest BCUT2D eigenvalue weighted by atomic mass is 9.86. The number of alkyl halides is 3. The topological polar surface area (TPSA) is 41.6 Å². The number of nitrogens with zero attached hydrogens (tertiary/aromatic N) is 1. The number of nitrogens with one attached hydrogen (secondary N) is 1. The Kier molecular flexibility index (Phi) is 4.34. The summed E-state index contributed by atoms with van der Waals surface area (Å²) in [6.45, 7) is 2.52. The van der Waals surface area contributed by atoms with E-state index in [9.17, 15) is 18.0 Å². The molecule has 4 nitrogen and oxygen atoms in total. The van der Waals surface area contributed by atoms with Gasteiger partial charge in [-0.15, -0.1) is 13.2 Å². The third-order valence-electron chi connectivity index (χ3n) is 5.27. The lowest BCUT2D eigenvalue weighted by Crippen LogP contribution is -2.29. The van der Waals surface area contributed by atoms with Crippen LogP contribution in [0.4, 0.5) is 13.2 Å². The Morgan fingerprint density at radius 2 is 1.78 bits per heavy atom. The van der Waals surface area contributed by atoms with E-state index in [0.717, 1.165) is 29.8 Å². The number of carbonyl (C=O) groups excluding carboxylic acids is 1. The SMILES string of the molecule is CN1C[C@H]2CNC(=O)c3cc(-c4ccc(OC(F)(F)F)cc4)ccc3[C@@H]2C1. The summed E-state index contributed by atoms with van der Waals surface area (Å²) in [5.74, 6) is 0.335. The fourth-order valence-corrected chi connectivity index (χ4v) is 4.07. The summed E-state index contributed by atoms with van der Waals surface area (Å²) >= 11 is 0. The van der Waals surface area contributed by atoms with Gasteiger partial charge >= 0.3 is 6.36 Å². The minimum absolute atomic E-state index is 0.0964. The first-order valence-electron chi connectivity index (χ1n) is 8.77. The molecule has 1 saturated heterocycles. The standard InChI is InChI=1S/C20H19F3N2O2/c1-25-10-14-9-24-19(26)17-8-13(4-7-16(17)18(14)11-25)12-2-5-15(6-3-12)27-20(21,22)23/h2-8,14,18H,9-11H2,1H3,(H,24,26)/t14-,18-/m1/s1. The van der Waals surface area contributed by atoms with Gasteiger partial charge in [0.2, 0.25) is 0 Å². The van der Waals surface area contributed by atoms with Crippen LogP contribution in [0.5, 0.6) is 5.75 Å². The first-order chi connectivity index (χ1) is 12.8. The summed E-state index contributed by atoms with van der Waals surface area (Å²) in [4.78, 5) is 14.8. The van der Waals surface area contributed by atoms with Crippen LogP contribution in [0.25, 0.3) is 11.1 Å². The molecule has 0 aromatic heterocycles. The van der Waals surface area contributed by atoms with Crippen LogP contribution in [0.3, 0.4) is 0 Å². The fraction of sp³-hybridized carbons (Fsp3) is 0.350. The van der Waals surface area contributed by atoms with Crippen molar-refractivity contribution >= 4 is 5.91 Å². The van der Waals surface area contributed by atoms with Gasteiger partial charge in [-0.05, 0) is 47.9 Å². The molecular weight excluding hydrogens is 357 g/mol. The number of hydrogen-bond donors (Lipinski definition) is 1. The number of benzene rings is 2. The van der Waals surface area contributed by atoms with E-state index in [1.165, 1.54) is 12.1 Å². The van der Waals surface area contributed by atoms with E-state index in [2.05, 4.69) is 22.0 Å². The molecule has 2 atom stereocenters. The highest BCUT2D eigenvalue weighted by Gasteiger charge is 2.36. The molecular formula is C20H19F3N2O2. The molecule has 1 amide bonds. The summed E-state index contributed by atoms with van der Waals surface area (Å²) in [5, 5.41) is 3.00. The highest BCUT2D eigenvalue weighted by molar-refractivity contribution is 5.97. The maximum atomic E-state index is 12.5. The zero-order valence-electron chi connectivity index (χ0n) is 14.7. The van der Waals surface area contributed by atoms with E-state index in [-0.39, 0.29) is 11.7 Å². The molecule has 2 aromatic rings. The minimum atomic E-state index is -4.71. The second kappa shape index (κ2) is 6.56. The normalized spacial score (nSPS) is 22.6. The lowest BCUT2D eigenvalue weighted by molar-refractivity contribution is -0.274. The van der Waals surface area contributed by atoms with E-state index in [4.69, 9.17) is 0 Å². The summed E-state index contributed by atoms with van der Waals surface area (Å²) in [6.07, 6.45) is -4.71. The predicted molar refractivity (Wildman–Crippen MR) is 94.6 cm³/mol. The summed E-state index contributed by atoms with van der Waals surface area (Å²) in [6, 6.07) is 11.4. The molecule has 7 heteroatoms. The van der Waals surface area contributed by atoms with Crippen molar-refractivity contribution in [3.63, 3.8) is 0 Å². The average molecular weight is 376 g/mol. The predicted octanol–water partition coefficient (Wildman–Crippen LogP) is 3.64. The Labute approximate surface area is 154 Å². The number of likely N-dealkylation sites (N-methyl/N-ethyl adjacent to an activating group) is 1. The van der Waals surface area contributed by atoms with E-state index < -0.39 is 6.36 Å². The first kappa shape index (κ1) is 17.9. The van der Waals surface area contributed by atoms with Crippen molar-refractivity contribution in [1.29, 1.82) is 0 Å². The molecule has 0 saturated carbocycles. The molecule has 2 heterocycles. The van der Waals surface area contributed by atoms with E-state index in [1.54, 1.807) is 12.1 Å². The smallest absolute Gasteiger partial charge is 0.406 e. The van der Waals surface area contributed by atoms with Crippen LogP contribution in [0.2, 0.25) is 0 Å². The van der Waals surface area contributed by atoms with Gasteiger partial charge in [0.1, 0.15) is 5.75 Å². The van der Waals surface area contributed by atoms with Gasteiger partial charge in [-0.2, -0.15) is 0 Å². The second-order valence-corrected chi connectivity index (χ2v) is 7.17. The monoisotopic (exact) mass is 376 g/mol. The number of carbonyl (C=O) groups is 1. The van der Waals surface area contributed by atoms with Crippen molar-refractivity contribution in [1.82, 2.24) is 10.2 Å². The first-order valence-corrected chi connectivity index (χ1v) is 8.77. The summed E-state index contributed by atoms with van der Waals surface area (Å²) < 4.78 is 40.8. The van der Waals surface area contributed by atoms with E-state index in [0.29, 0.717) is 23.9 Å². The maximum Gasteiger partial charge on any atom is 0.573 e. The van der Waals surface area contributed by atoms with Gasteiger partial charge in [-0.3, -0.25) is 4.79 Å². The Hall–Kier alpha value is -2.54. The van der Waals surface area contributed by atoms with Gasteiger partial charge in [-0.1, -0.05) is 24.3 Å². The zero-order valence-corrected chi connectivity index (χ0v) is 14.7. The van der Waals surface area contributed by atoms with Crippen molar-refractivity contribution in [2.45, 2.75) is 12.3 Å². The molecule has 0 bridgehead atoms. The van der Waals surface area contributed by atoms with Crippen LogP contribution in [0, 0.1) is 5.92 Å². The Morgan fingerprint density at radius 1 is 1.07 bits per heavy atom. The molecule has 0 radical (unpaired) electrons. The van der Waals surface area contributed by atoms with Crippen molar-refractivity contribution < 1.29 is 22.7 Å². The highest BCUT2D eigenvalue weighted by Crippen LogP contribution is 2.37. The highest BCUT2D eigenvalue weighted by atomic mass is 19.4. The van der Waals surface area contributed by atoms with Gasteiger partial charge in [0.25, 0.3) is 5.91 Å². The Bertz CT molecular complexity index is 865. The summed E-state index contributed by atoms with van der Waals surface area (Å²) in [5.41, 5.74) is 3.20. The number of likely N-dealkylation sites (tertiary alicyclic amines) is 1. The number of amides is 1. The molecule has 0 unspecified atom stereocenters.